The summed E-state index contributed by atoms with van der Waals surface area (Å²) in [6.45, 7) is 1.59. The van der Waals surface area contributed by atoms with Gasteiger partial charge in [0, 0.05) is 28.8 Å². The number of ether oxygens (including phenoxy) is 1. The van der Waals surface area contributed by atoms with E-state index in [1.54, 1.807) is 24.3 Å². The number of Topliss-reactive ketones (excluding diaryl/α,β-unsaturated/α-hetero) is 1. The first kappa shape index (κ1) is 24.2. The third-order valence-corrected chi connectivity index (χ3v) is 7.35. The molecule has 4 rings (SSSR count). The number of benzene rings is 2. The molecular weight excluding hydrogens is 576 g/mol. The molecule has 0 amide bonds. The fourth-order valence-electron chi connectivity index (χ4n) is 3.89. The van der Waals surface area contributed by atoms with Gasteiger partial charge in [0.25, 0.3) is 5.56 Å². The number of ketones is 1. The number of nitrogens with one attached hydrogen (secondary N) is 1. The Labute approximate surface area is 209 Å². The van der Waals surface area contributed by atoms with Gasteiger partial charge < -0.3 is 10.1 Å². The van der Waals surface area contributed by atoms with Crippen LogP contribution in [0, 0.1) is 9.39 Å². The van der Waals surface area contributed by atoms with E-state index in [0.717, 1.165) is 6.26 Å². The number of hydrogen-bond donors (Lipinski definition) is 1. The first-order valence-corrected chi connectivity index (χ1v) is 13.1. The van der Waals surface area contributed by atoms with Gasteiger partial charge in [-0.15, -0.1) is 0 Å². The SMILES string of the molecule is CC(=O)c1c(Oc2cccc3c2CCN3S(C)(=O)=O)cc(=O)n(C)c1Nc1ccc(I)cc1F. The molecule has 1 aromatic heterocycles. The topological polar surface area (TPSA) is 97.7 Å². The number of aromatic nitrogens is 1. The molecule has 0 fully saturated rings. The van der Waals surface area contributed by atoms with Gasteiger partial charge >= 0.3 is 0 Å². The van der Waals surface area contributed by atoms with Gasteiger partial charge in [-0.1, -0.05) is 6.07 Å². The Bertz CT molecular complexity index is 1490. The fraction of sp³-hybridized carbons (Fsp3) is 0.217. The fourth-order valence-corrected chi connectivity index (χ4v) is 5.30. The summed E-state index contributed by atoms with van der Waals surface area (Å²) in [5.41, 5.74) is 0.836. The van der Waals surface area contributed by atoms with Gasteiger partial charge in [0.2, 0.25) is 10.0 Å². The number of fused-ring (bicyclic) bond motifs is 1. The van der Waals surface area contributed by atoms with Crippen molar-refractivity contribution in [3.63, 3.8) is 0 Å². The second-order valence-electron chi connectivity index (χ2n) is 7.88. The predicted octanol–water partition coefficient (Wildman–Crippen LogP) is 4.19. The van der Waals surface area contributed by atoms with Gasteiger partial charge in [-0.25, -0.2) is 12.8 Å². The highest BCUT2D eigenvalue weighted by molar-refractivity contribution is 14.1. The molecule has 1 N–H and O–H groups in total. The third-order valence-electron chi connectivity index (χ3n) is 5.50. The number of hydrogen-bond acceptors (Lipinski definition) is 6. The normalized spacial score (nSPS) is 13.0. The molecule has 8 nitrogen and oxygen atoms in total. The van der Waals surface area contributed by atoms with Crippen LogP contribution in [0.4, 0.5) is 21.6 Å². The monoisotopic (exact) mass is 597 g/mol. The maximum atomic E-state index is 14.5. The molecule has 0 aliphatic carbocycles. The van der Waals surface area contributed by atoms with E-state index in [4.69, 9.17) is 4.74 Å². The van der Waals surface area contributed by atoms with Gasteiger partial charge in [-0.3, -0.25) is 18.5 Å². The Hall–Kier alpha value is -2.93. The third kappa shape index (κ3) is 4.53. The van der Waals surface area contributed by atoms with E-state index < -0.39 is 27.2 Å². The molecule has 1 aliphatic rings. The molecule has 3 aromatic rings. The van der Waals surface area contributed by atoms with Crippen LogP contribution in [0.5, 0.6) is 11.5 Å². The molecular formula is C23H21FIN3O5S. The highest BCUT2D eigenvalue weighted by Gasteiger charge is 2.29. The Balaban J connectivity index is 1.82. The lowest BCUT2D eigenvalue weighted by atomic mass is 10.1. The van der Waals surface area contributed by atoms with Gasteiger partial charge in [0.05, 0.1) is 17.6 Å². The van der Waals surface area contributed by atoms with Crippen LogP contribution in [0.3, 0.4) is 0 Å². The van der Waals surface area contributed by atoms with Crippen LogP contribution in [-0.4, -0.2) is 31.6 Å². The predicted molar refractivity (Wildman–Crippen MR) is 136 cm³/mol. The van der Waals surface area contributed by atoms with Gasteiger partial charge in [0.15, 0.2) is 5.78 Å². The molecule has 0 saturated heterocycles. The Morgan fingerprint density at radius 2 is 1.91 bits per heavy atom. The van der Waals surface area contributed by atoms with E-state index >= 15 is 0 Å². The quantitative estimate of drug-likeness (QED) is 0.338. The average Bonchev–Trinajstić information content (AvgIpc) is 3.19. The van der Waals surface area contributed by atoms with Crippen LogP contribution >= 0.6 is 22.6 Å². The summed E-state index contributed by atoms with van der Waals surface area (Å²) < 4.78 is 48.0. The number of carbonyl (C=O) groups is 1. The van der Waals surface area contributed by atoms with Crippen LogP contribution in [0.1, 0.15) is 22.8 Å². The molecule has 1 aliphatic heterocycles. The molecule has 0 bridgehead atoms. The van der Waals surface area contributed by atoms with E-state index in [9.17, 15) is 22.4 Å². The summed E-state index contributed by atoms with van der Waals surface area (Å²) in [7, 11) is -2.00. The Morgan fingerprint density at radius 1 is 1.18 bits per heavy atom. The zero-order valence-corrected chi connectivity index (χ0v) is 21.5. The minimum Gasteiger partial charge on any atom is -0.456 e. The van der Waals surface area contributed by atoms with Crippen molar-refractivity contribution in [3.05, 3.63) is 73.3 Å². The molecule has 11 heteroatoms. The summed E-state index contributed by atoms with van der Waals surface area (Å²) in [6.07, 6.45) is 1.55. The lowest BCUT2D eigenvalue weighted by Crippen LogP contribution is -2.27. The van der Waals surface area contributed by atoms with Crippen molar-refractivity contribution in [2.24, 2.45) is 7.05 Å². The highest BCUT2D eigenvalue weighted by atomic mass is 127. The molecule has 2 heterocycles. The summed E-state index contributed by atoms with van der Waals surface area (Å²) in [4.78, 5) is 25.4. The molecule has 0 spiro atoms. The lowest BCUT2D eigenvalue weighted by Gasteiger charge is -2.20. The number of pyridine rings is 1. The number of nitrogens with zero attached hydrogens (tertiary/aromatic N) is 2. The van der Waals surface area contributed by atoms with E-state index in [1.807, 2.05) is 22.6 Å². The summed E-state index contributed by atoms with van der Waals surface area (Å²) in [5.74, 6) is -0.521. The van der Waals surface area contributed by atoms with Crippen molar-refractivity contribution in [2.75, 3.05) is 22.4 Å². The summed E-state index contributed by atoms with van der Waals surface area (Å²) >= 11 is 1.98. The number of carbonyl (C=O) groups excluding carboxylic acids is 1. The van der Waals surface area contributed by atoms with Crippen LogP contribution < -0.4 is 19.9 Å². The van der Waals surface area contributed by atoms with Crippen molar-refractivity contribution >= 4 is 55.6 Å². The second-order valence-corrected chi connectivity index (χ2v) is 11.0. The summed E-state index contributed by atoms with van der Waals surface area (Å²) in [6, 6.07) is 10.7. The lowest BCUT2D eigenvalue weighted by molar-refractivity contribution is 0.101. The molecule has 2 aromatic carbocycles. The summed E-state index contributed by atoms with van der Waals surface area (Å²) in [5, 5.41) is 2.86. The first-order chi connectivity index (χ1) is 16.0. The van der Waals surface area contributed by atoms with Crippen molar-refractivity contribution in [1.82, 2.24) is 4.57 Å². The largest absolute Gasteiger partial charge is 0.456 e. The van der Waals surface area contributed by atoms with Gasteiger partial charge in [0.1, 0.15) is 28.7 Å². The minimum absolute atomic E-state index is 0.00442. The number of sulfonamides is 1. The second kappa shape index (κ2) is 9.02. The Kier molecular flexibility index (Phi) is 6.42. The first-order valence-electron chi connectivity index (χ1n) is 10.2. The smallest absolute Gasteiger partial charge is 0.255 e. The average molecular weight is 597 g/mol. The van der Waals surface area contributed by atoms with E-state index in [0.29, 0.717) is 27.0 Å². The maximum absolute atomic E-state index is 14.5. The van der Waals surface area contributed by atoms with E-state index in [1.165, 1.54) is 41.0 Å². The van der Waals surface area contributed by atoms with Crippen LogP contribution in [-0.2, 0) is 23.5 Å². The van der Waals surface area contributed by atoms with Gasteiger partial charge in [-0.05, 0) is 66.3 Å². The molecule has 0 saturated carbocycles. The highest BCUT2D eigenvalue weighted by Crippen LogP contribution is 2.40. The molecule has 34 heavy (non-hydrogen) atoms. The molecule has 0 radical (unpaired) electrons. The van der Waals surface area contributed by atoms with Crippen LogP contribution in [0.25, 0.3) is 0 Å². The zero-order valence-electron chi connectivity index (χ0n) is 18.6. The molecule has 0 atom stereocenters. The van der Waals surface area contributed by atoms with Crippen molar-refractivity contribution in [1.29, 1.82) is 0 Å². The number of anilines is 3. The van der Waals surface area contributed by atoms with E-state index in [2.05, 4.69) is 5.32 Å². The molecule has 0 unspecified atom stereocenters. The van der Waals surface area contributed by atoms with Crippen LogP contribution in [0.15, 0.2) is 47.3 Å². The van der Waals surface area contributed by atoms with Crippen molar-refractivity contribution in [3.8, 4) is 11.5 Å². The van der Waals surface area contributed by atoms with Crippen LogP contribution in [0.2, 0.25) is 0 Å². The van der Waals surface area contributed by atoms with Crippen molar-refractivity contribution in [2.45, 2.75) is 13.3 Å². The van der Waals surface area contributed by atoms with Crippen molar-refractivity contribution < 1.29 is 22.3 Å². The maximum Gasteiger partial charge on any atom is 0.255 e. The number of halogens is 2. The minimum atomic E-state index is -3.46. The van der Waals surface area contributed by atoms with Gasteiger partial charge in [-0.2, -0.15) is 0 Å². The number of rotatable bonds is 6. The van der Waals surface area contributed by atoms with E-state index in [-0.39, 0.29) is 29.4 Å². The molecule has 178 valence electrons. The zero-order chi connectivity index (χ0) is 24.8. The Morgan fingerprint density at radius 3 is 2.56 bits per heavy atom. The standard InChI is InChI=1S/C23H21FIN3O5S/c1-13(29)22-20(33-19-6-4-5-18-15(19)9-10-28(18)34(3,31)32)12-21(30)27(2)23(22)26-17-8-7-14(25)11-16(17)24/h4-8,11-12,26H,9-10H2,1-3H3.